The maximum absolute atomic E-state index is 13.6. The number of carboxylic acids is 1. The van der Waals surface area contributed by atoms with Crippen molar-refractivity contribution in [2.24, 2.45) is 5.92 Å². The summed E-state index contributed by atoms with van der Waals surface area (Å²) in [6.07, 6.45) is 0.855. The molecule has 4 nitrogen and oxygen atoms in total. The standard InChI is InChI=1S/C15H17F2NO3/c1-9-11(15(20)21)5-3-7-18(9)13(19)8-10-4-2-6-12(16)14(10)17/h2,4,6,9,11H,3,5,7-8H2,1H3,(H,20,21)/t9-,11-/m1/s1. The Hall–Kier alpha value is -1.98. The molecule has 1 aromatic carbocycles. The topological polar surface area (TPSA) is 57.6 Å². The monoisotopic (exact) mass is 297 g/mol. The molecule has 0 spiro atoms. The van der Waals surface area contributed by atoms with E-state index in [0.717, 1.165) is 6.07 Å². The normalized spacial score (nSPS) is 22.1. The Morgan fingerprint density at radius 3 is 2.76 bits per heavy atom. The van der Waals surface area contributed by atoms with E-state index in [1.807, 2.05) is 0 Å². The number of nitrogens with zero attached hydrogens (tertiary/aromatic N) is 1. The smallest absolute Gasteiger partial charge is 0.308 e. The van der Waals surface area contributed by atoms with Crippen LogP contribution in [0.15, 0.2) is 18.2 Å². The third-order valence-corrected chi connectivity index (χ3v) is 4.00. The summed E-state index contributed by atoms with van der Waals surface area (Å²) in [4.78, 5) is 24.8. The fraction of sp³-hybridized carbons (Fsp3) is 0.467. The van der Waals surface area contributed by atoms with Crippen LogP contribution >= 0.6 is 0 Å². The van der Waals surface area contributed by atoms with Gasteiger partial charge in [-0.05, 0) is 25.8 Å². The zero-order valence-electron chi connectivity index (χ0n) is 11.7. The first-order chi connectivity index (χ1) is 9.91. The Bertz CT molecular complexity index is 562. The number of likely N-dealkylation sites (tertiary alicyclic amines) is 1. The number of benzene rings is 1. The summed E-state index contributed by atoms with van der Waals surface area (Å²) in [5.41, 5.74) is -0.00958. The molecular weight excluding hydrogens is 280 g/mol. The maximum atomic E-state index is 13.6. The molecule has 1 aliphatic heterocycles. The maximum Gasteiger partial charge on any atom is 0.308 e. The number of amides is 1. The molecule has 0 saturated carbocycles. The van der Waals surface area contributed by atoms with Gasteiger partial charge in [0.05, 0.1) is 12.3 Å². The Balaban J connectivity index is 2.12. The zero-order valence-corrected chi connectivity index (χ0v) is 11.7. The molecule has 1 saturated heterocycles. The number of carboxylic acid groups (broad SMARTS) is 1. The van der Waals surface area contributed by atoms with E-state index in [1.54, 1.807) is 6.92 Å². The minimum atomic E-state index is -1.02. The molecule has 2 atom stereocenters. The summed E-state index contributed by atoms with van der Waals surface area (Å²) in [6.45, 7) is 2.12. The Kier molecular flexibility index (Phi) is 4.55. The lowest BCUT2D eigenvalue weighted by molar-refractivity contribution is -0.148. The molecule has 114 valence electrons. The molecule has 1 aliphatic rings. The second-order valence-electron chi connectivity index (χ2n) is 5.30. The second-order valence-corrected chi connectivity index (χ2v) is 5.30. The summed E-state index contributed by atoms with van der Waals surface area (Å²) in [7, 11) is 0. The molecule has 1 fully saturated rings. The SMILES string of the molecule is C[C@@H]1[C@H](C(=O)O)CCCN1C(=O)Cc1cccc(F)c1F. The van der Waals surface area contributed by atoms with Crippen LogP contribution in [0.4, 0.5) is 8.78 Å². The van der Waals surface area contributed by atoms with E-state index in [-0.39, 0.29) is 17.9 Å². The van der Waals surface area contributed by atoms with Gasteiger partial charge in [0.1, 0.15) is 0 Å². The molecule has 0 unspecified atom stereocenters. The summed E-state index contributed by atoms with van der Waals surface area (Å²) in [6, 6.07) is 3.26. The summed E-state index contributed by atoms with van der Waals surface area (Å²) < 4.78 is 26.7. The van der Waals surface area contributed by atoms with Crippen LogP contribution in [0.25, 0.3) is 0 Å². The minimum absolute atomic E-state index is 0.00958. The van der Waals surface area contributed by atoms with E-state index in [0.29, 0.717) is 19.4 Å². The third kappa shape index (κ3) is 3.20. The van der Waals surface area contributed by atoms with E-state index < -0.39 is 29.6 Å². The van der Waals surface area contributed by atoms with Gasteiger partial charge in [0.25, 0.3) is 0 Å². The lowest BCUT2D eigenvalue weighted by Gasteiger charge is -2.37. The minimum Gasteiger partial charge on any atom is -0.481 e. The van der Waals surface area contributed by atoms with E-state index in [2.05, 4.69) is 0 Å². The van der Waals surface area contributed by atoms with Crippen LogP contribution in [-0.4, -0.2) is 34.5 Å². The predicted octanol–water partition coefficient (Wildman–Crippen LogP) is 2.22. The molecule has 0 bridgehead atoms. The van der Waals surface area contributed by atoms with E-state index in [1.165, 1.54) is 17.0 Å². The first kappa shape index (κ1) is 15.4. The highest BCUT2D eigenvalue weighted by molar-refractivity contribution is 5.80. The number of rotatable bonds is 3. The highest BCUT2D eigenvalue weighted by atomic mass is 19.2. The van der Waals surface area contributed by atoms with Gasteiger partial charge in [0.2, 0.25) is 5.91 Å². The lowest BCUT2D eigenvalue weighted by Crippen LogP contribution is -2.49. The van der Waals surface area contributed by atoms with Gasteiger partial charge in [-0.25, -0.2) is 8.78 Å². The van der Waals surface area contributed by atoms with E-state index >= 15 is 0 Å². The van der Waals surface area contributed by atoms with Crippen LogP contribution in [0, 0.1) is 17.6 Å². The van der Waals surface area contributed by atoms with Crippen molar-refractivity contribution in [3.63, 3.8) is 0 Å². The van der Waals surface area contributed by atoms with Crippen LogP contribution in [-0.2, 0) is 16.0 Å². The van der Waals surface area contributed by atoms with Crippen LogP contribution in [0.5, 0.6) is 0 Å². The summed E-state index contributed by atoms with van der Waals surface area (Å²) >= 11 is 0. The van der Waals surface area contributed by atoms with Crippen molar-refractivity contribution in [2.75, 3.05) is 6.54 Å². The predicted molar refractivity (Wildman–Crippen MR) is 71.6 cm³/mol. The van der Waals surface area contributed by atoms with Gasteiger partial charge in [0.15, 0.2) is 11.6 Å². The fourth-order valence-electron chi connectivity index (χ4n) is 2.77. The Morgan fingerprint density at radius 2 is 2.10 bits per heavy atom. The lowest BCUT2D eigenvalue weighted by atomic mass is 9.90. The van der Waals surface area contributed by atoms with Gasteiger partial charge in [-0.1, -0.05) is 12.1 Å². The number of piperidine rings is 1. The van der Waals surface area contributed by atoms with Gasteiger partial charge < -0.3 is 10.0 Å². The highest BCUT2D eigenvalue weighted by Crippen LogP contribution is 2.25. The average molecular weight is 297 g/mol. The zero-order chi connectivity index (χ0) is 15.6. The van der Waals surface area contributed by atoms with Gasteiger partial charge >= 0.3 is 5.97 Å². The van der Waals surface area contributed by atoms with Crippen LogP contribution < -0.4 is 0 Å². The van der Waals surface area contributed by atoms with Crippen LogP contribution in [0.2, 0.25) is 0 Å². The summed E-state index contributed by atoms with van der Waals surface area (Å²) in [5.74, 6) is -3.93. The number of hydrogen-bond acceptors (Lipinski definition) is 2. The molecule has 1 N–H and O–H groups in total. The number of aliphatic carboxylic acids is 1. The molecule has 0 aliphatic carbocycles. The van der Waals surface area contributed by atoms with Crippen LogP contribution in [0.3, 0.4) is 0 Å². The Labute approximate surface area is 121 Å². The number of carbonyl (C=O) groups is 2. The van der Waals surface area contributed by atoms with Crippen molar-refractivity contribution >= 4 is 11.9 Å². The van der Waals surface area contributed by atoms with Gasteiger partial charge in [-0.3, -0.25) is 9.59 Å². The van der Waals surface area contributed by atoms with E-state index in [9.17, 15) is 18.4 Å². The third-order valence-electron chi connectivity index (χ3n) is 4.00. The van der Waals surface area contributed by atoms with Crippen molar-refractivity contribution in [3.8, 4) is 0 Å². The number of halogens is 2. The van der Waals surface area contributed by atoms with Gasteiger partial charge in [0, 0.05) is 18.2 Å². The molecule has 21 heavy (non-hydrogen) atoms. The summed E-state index contributed by atoms with van der Waals surface area (Å²) in [5, 5.41) is 9.13. The number of hydrogen-bond donors (Lipinski definition) is 1. The Morgan fingerprint density at radius 1 is 1.38 bits per heavy atom. The second kappa shape index (κ2) is 6.20. The molecule has 0 aromatic heterocycles. The molecule has 1 heterocycles. The van der Waals surface area contributed by atoms with E-state index in [4.69, 9.17) is 5.11 Å². The van der Waals surface area contributed by atoms with Crippen LogP contribution in [0.1, 0.15) is 25.3 Å². The molecule has 0 radical (unpaired) electrons. The van der Waals surface area contributed by atoms with Gasteiger partial charge in [-0.2, -0.15) is 0 Å². The van der Waals surface area contributed by atoms with Crippen molar-refractivity contribution < 1.29 is 23.5 Å². The molecule has 2 rings (SSSR count). The fourth-order valence-corrected chi connectivity index (χ4v) is 2.77. The average Bonchev–Trinajstić information content (AvgIpc) is 2.43. The first-order valence-corrected chi connectivity index (χ1v) is 6.87. The van der Waals surface area contributed by atoms with Crippen molar-refractivity contribution in [1.29, 1.82) is 0 Å². The quantitative estimate of drug-likeness (QED) is 0.930. The molecular formula is C15H17F2NO3. The largest absolute Gasteiger partial charge is 0.481 e. The molecule has 1 amide bonds. The van der Waals surface area contributed by atoms with Crippen molar-refractivity contribution in [2.45, 2.75) is 32.2 Å². The van der Waals surface area contributed by atoms with Gasteiger partial charge in [-0.15, -0.1) is 0 Å². The molecule has 6 heteroatoms. The first-order valence-electron chi connectivity index (χ1n) is 6.87. The highest BCUT2D eigenvalue weighted by Gasteiger charge is 2.35. The van der Waals surface area contributed by atoms with Crippen molar-refractivity contribution in [1.82, 2.24) is 4.90 Å². The van der Waals surface area contributed by atoms with Crippen molar-refractivity contribution in [3.05, 3.63) is 35.4 Å². The molecule has 1 aromatic rings. The number of carbonyl (C=O) groups excluding carboxylic acids is 1.